The topological polar surface area (TPSA) is 87.6 Å². The number of nitrogens with zero attached hydrogens (tertiary/aromatic N) is 1. The molecule has 1 amide bonds. The Labute approximate surface area is 131 Å². The first-order valence-corrected chi connectivity index (χ1v) is 9.82. The zero-order chi connectivity index (χ0) is 15.5. The van der Waals surface area contributed by atoms with E-state index in [1.165, 1.54) is 0 Å². The molecule has 4 rings (SSSR count). The zero-order valence-corrected chi connectivity index (χ0v) is 13.7. The first-order chi connectivity index (χ1) is 10.4. The van der Waals surface area contributed by atoms with Crippen molar-refractivity contribution < 1.29 is 13.2 Å². The molecule has 22 heavy (non-hydrogen) atoms. The highest BCUT2D eigenvalue weighted by molar-refractivity contribution is 7.90. The molecule has 4 aliphatic rings. The van der Waals surface area contributed by atoms with E-state index in [0.717, 1.165) is 31.5 Å². The third-order valence-corrected chi connectivity index (χ3v) is 7.53. The van der Waals surface area contributed by atoms with Crippen LogP contribution in [0, 0.1) is 11.8 Å². The molecule has 1 aliphatic heterocycles. The maximum atomic E-state index is 12.5. The number of carbonyl (C=O) groups excluding carboxylic acids is 1. The molecule has 0 aromatic rings. The molecule has 3 fully saturated rings. The molecular formula is C15H23N3O3S. The van der Waals surface area contributed by atoms with Crippen LogP contribution in [0.2, 0.25) is 0 Å². The van der Waals surface area contributed by atoms with E-state index in [0.29, 0.717) is 25.2 Å². The van der Waals surface area contributed by atoms with E-state index >= 15 is 0 Å². The quantitative estimate of drug-likeness (QED) is 0.806. The summed E-state index contributed by atoms with van der Waals surface area (Å²) in [6.07, 6.45) is 5.70. The fraction of sp³-hybridized carbons (Fsp3) is 0.867. The van der Waals surface area contributed by atoms with Crippen LogP contribution in [0.5, 0.6) is 0 Å². The number of carbonyl (C=O) groups is 1. The van der Waals surface area contributed by atoms with Crippen molar-refractivity contribution in [3.05, 3.63) is 0 Å². The summed E-state index contributed by atoms with van der Waals surface area (Å²) in [7, 11) is -3.35. The van der Waals surface area contributed by atoms with Gasteiger partial charge in [-0.2, -0.15) is 0 Å². The van der Waals surface area contributed by atoms with E-state index in [9.17, 15) is 13.2 Å². The van der Waals surface area contributed by atoms with Crippen molar-refractivity contribution in [1.82, 2.24) is 10.0 Å². The third-order valence-electron chi connectivity index (χ3n) is 5.45. The van der Waals surface area contributed by atoms with E-state index in [-0.39, 0.29) is 23.4 Å². The van der Waals surface area contributed by atoms with Gasteiger partial charge in [0.25, 0.3) is 0 Å². The normalized spacial score (nSPS) is 37.0. The van der Waals surface area contributed by atoms with Gasteiger partial charge in [0.15, 0.2) is 0 Å². The number of hydrogen-bond acceptors (Lipinski definition) is 4. The maximum absolute atomic E-state index is 12.5. The molecule has 0 radical (unpaired) electrons. The summed E-state index contributed by atoms with van der Waals surface area (Å²) in [5, 5.41) is 2.44. The van der Waals surface area contributed by atoms with E-state index in [2.05, 4.69) is 15.0 Å². The summed E-state index contributed by atoms with van der Waals surface area (Å²) >= 11 is 0. The number of aliphatic imine (C=N–C) groups is 1. The Balaban J connectivity index is 1.48. The largest absolute Gasteiger partial charge is 0.314 e. The molecule has 6 nitrogen and oxygen atoms in total. The van der Waals surface area contributed by atoms with Crippen LogP contribution in [-0.4, -0.2) is 37.0 Å². The van der Waals surface area contributed by atoms with Gasteiger partial charge in [0.05, 0.1) is 17.2 Å². The minimum atomic E-state index is -3.35. The van der Waals surface area contributed by atoms with E-state index in [1.54, 1.807) is 0 Å². The predicted molar refractivity (Wildman–Crippen MR) is 82.9 cm³/mol. The Bertz CT molecular complexity index is 634. The number of rotatable bonds is 4. The van der Waals surface area contributed by atoms with Crippen molar-refractivity contribution in [2.24, 2.45) is 16.8 Å². The Morgan fingerprint density at radius 3 is 2.59 bits per heavy atom. The fourth-order valence-corrected chi connectivity index (χ4v) is 5.51. The Kier molecular flexibility index (Phi) is 3.17. The summed E-state index contributed by atoms with van der Waals surface area (Å²) < 4.78 is 27.9. The molecule has 3 unspecified atom stereocenters. The number of sulfonamides is 1. The van der Waals surface area contributed by atoms with Crippen LogP contribution in [0.15, 0.2) is 4.99 Å². The van der Waals surface area contributed by atoms with Gasteiger partial charge in [-0.25, -0.2) is 13.1 Å². The van der Waals surface area contributed by atoms with Crippen molar-refractivity contribution in [3.63, 3.8) is 0 Å². The van der Waals surface area contributed by atoms with Crippen LogP contribution in [0.4, 0.5) is 0 Å². The number of amidine groups is 1. The minimum Gasteiger partial charge on any atom is -0.314 e. The van der Waals surface area contributed by atoms with Gasteiger partial charge in [0, 0.05) is 11.5 Å². The first-order valence-electron chi connectivity index (χ1n) is 8.28. The van der Waals surface area contributed by atoms with Gasteiger partial charge >= 0.3 is 0 Å². The van der Waals surface area contributed by atoms with E-state index in [1.807, 2.05) is 6.92 Å². The molecule has 0 saturated heterocycles. The summed E-state index contributed by atoms with van der Waals surface area (Å²) in [6.45, 7) is 1.94. The van der Waals surface area contributed by atoms with E-state index in [4.69, 9.17) is 0 Å². The van der Waals surface area contributed by atoms with Crippen molar-refractivity contribution in [3.8, 4) is 0 Å². The van der Waals surface area contributed by atoms with Crippen LogP contribution in [-0.2, 0) is 14.8 Å². The van der Waals surface area contributed by atoms with Gasteiger partial charge in [-0.1, -0.05) is 0 Å². The monoisotopic (exact) mass is 325 g/mol. The Hall–Kier alpha value is -0.950. The molecule has 2 N–H and O–H groups in total. The molecule has 0 aromatic heterocycles. The van der Waals surface area contributed by atoms with Crippen LogP contribution < -0.4 is 10.0 Å². The molecule has 122 valence electrons. The molecule has 1 heterocycles. The number of hydrogen-bond donors (Lipinski definition) is 2. The van der Waals surface area contributed by atoms with E-state index < -0.39 is 15.3 Å². The van der Waals surface area contributed by atoms with Crippen LogP contribution >= 0.6 is 0 Å². The van der Waals surface area contributed by atoms with Gasteiger partial charge in [-0.15, -0.1) is 0 Å². The molecular weight excluding hydrogens is 302 g/mol. The van der Waals surface area contributed by atoms with Crippen LogP contribution in [0.3, 0.4) is 0 Å². The molecule has 3 saturated carbocycles. The average Bonchev–Trinajstić information content (AvgIpc) is 3.35. The smallest absolute Gasteiger partial charge is 0.230 e. The van der Waals surface area contributed by atoms with Gasteiger partial charge in [0.1, 0.15) is 5.84 Å². The zero-order valence-electron chi connectivity index (χ0n) is 12.8. The minimum absolute atomic E-state index is 0.0210. The highest BCUT2D eigenvalue weighted by Crippen LogP contribution is 2.39. The Morgan fingerprint density at radius 2 is 1.95 bits per heavy atom. The summed E-state index contributed by atoms with van der Waals surface area (Å²) in [5.74, 6) is 0.961. The second kappa shape index (κ2) is 4.77. The van der Waals surface area contributed by atoms with Crippen molar-refractivity contribution >= 4 is 21.8 Å². The highest BCUT2D eigenvalue weighted by atomic mass is 32.2. The second-order valence-electron chi connectivity index (χ2n) is 7.59. The molecule has 3 aliphatic carbocycles. The van der Waals surface area contributed by atoms with Crippen molar-refractivity contribution in [1.29, 1.82) is 0 Å². The number of fused-ring (bicyclic) bond motifs is 1. The number of nitrogens with one attached hydrogen (secondary N) is 2. The lowest BCUT2D eigenvalue weighted by Crippen LogP contribution is -2.52. The second-order valence-corrected chi connectivity index (χ2v) is 9.56. The van der Waals surface area contributed by atoms with Gasteiger partial charge in [-0.3, -0.25) is 9.79 Å². The average molecular weight is 325 g/mol. The maximum Gasteiger partial charge on any atom is 0.230 e. The number of amides is 1. The van der Waals surface area contributed by atoms with Crippen molar-refractivity contribution in [2.75, 3.05) is 0 Å². The third kappa shape index (κ3) is 2.69. The lowest BCUT2D eigenvalue weighted by molar-refractivity contribution is -0.125. The highest BCUT2D eigenvalue weighted by Gasteiger charge is 2.47. The predicted octanol–water partition coefficient (Wildman–Crippen LogP) is 0.934. The Morgan fingerprint density at radius 1 is 1.23 bits per heavy atom. The SMILES string of the molecule is CC1(NS(=O)(=O)C2CCC3N=C(C4CC4)NC(=O)C3C2)CC1. The van der Waals surface area contributed by atoms with Crippen LogP contribution in [0.25, 0.3) is 0 Å². The first kappa shape index (κ1) is 14.6. The molecule has 0 aromatic carbocycles. The fourth-order valence-electron chi connectivity index (χ4n) is 3.54. The van der Waals surface area contributed by atoms with Crippen LogP contribution in [0.1, 0.15) is 51.9 Å². The van der Waals surface area contributed by atoms with Crippen molar-refractivity contribution in [2.45, 2.75) is 68.7 Å². The standard InChI is InChI=1S/C15H23N3O3S/c1-15(6-7-15)18-22(20,21)10-4-5-12-11(8-10)14(19)17-13(16-12)9-2-3-9/h9-12,18H,2-8H2,1H3,(H,16,17,19). The summed E-state index contributed by atoms with van der Waals surface area (Å²) in [5.41, 5.74) is -0.248. The summed E-state index contributed by atoms with van der Waals surface area (Å²) in [6, 6.07) is -0.0210. The summed E-state index contributed by atoms with van der Waals surface area (Å²) in [4.78, 5) is 17.0. The molecule has 7 heteroatoms. The molecule has 3 atom stereocenters. The lowest BCUT2D eigenvalue weighted by atomic mass is 9.82. The van der Waals surface area contributed by atoms with Gasteiger partial charge in [0.2, 0.25) is 15.9 Å². The molecule has 0 bridgehead atoms. The van der Waals surface area contributed by atoms with Gasteiger partial charge in [-0.05, 0) is 51.9 Å². The lowest BCUT2D eigenvalue weighted by Gasteiger charge is -2.36. The van der Waals surface area contributed by atoms with Gasteiger partial charge < -0.3 is 5.32 Å². The molecule has 0 spiro atoms.